The summed E-state index contributed by atoms with van der Waals surface area (Å²) in [5.74, 6) is -1.96. The number of thiazole rings is 1. The maximum absolute atomic E-state index is 14.8. The van der Waals surface area contributed by atoms with Gasteiger partial charge in [0.05, 0.1) is 5.57 Å². The highest BCUT2D eigenvalue weighted by atomic mass is 32.1. The summed E-state index contributed by atoms with van der Waals surface area (Å²) in [6.45, 7) is 1.94. The van der Waals surface area contributed by atoms with E-state index >= 15 is 0 Å². The molecule has 0 radical (unpaired) electrons. The molecular formula is C23H17FN2O4S. The standard InChI is InChI=1S/C23H17FN2O4S/c1-12-10-14-11-13(6-7-17(14)30-12)20(27)18-19(15-4-2-3-5-16(15)24)26(22(29)21(18)28)23-25-8-9-31-23/h2-9,11-12,19,27H,10H2,1H3/t12-,19-/m0/s1. The number of fused-ring (bicyclic) bond motifs is 1. The van der Waals surface area contributed by atoms with E-state index in [-0.39, 0.29) is 28.1 Å². The van der Waals surface area contributed by atoms with E-state index in [0.717, 1.165) is 27.5 Å². The second-order valence-corrected chi connectivity index (χ2v) is 8.33. The first-order valence-electron chi connectivity index (χ1n) is 9.70. The van der Waals surface area contributed by atoms with E-state index in [4.69, 9.17) is 4.74 Å². The molecule has 8 heteroatoms. The monoisotopic (exact) mass is 436 g/mol. The van der Waals surface area contributed by atoms with Gasteiger partial charge < -0.3 is 9.84 Å². The molecule has 1 aromatic heterocycles. The number of ether oxygens (including phenoxy) is 1. The van der Waals surface area contributed by atoms with Crippen LogP contribution in [-0.2, 0) is 16.0 Å². The van der Waals surface area contributed by atoms with Crippen molar-refractivity contribution in [1.82, 2.24) is 4.98 Å². The van der Waals surface area contributed by atoms with Crippen molar-refractivity contribution in [3.05, 3.63) is 82.1 Å². The predicted octanol–water partition coefficient (Wildman–Crippen LogP) is 4.23. The fraction of sp³-hybridized carbons (Fsp3) is 0.174. The Bertz CT molecular complexity index is 1240. The normalized spacial score (nSPS) is 21.9. The maximum atomic E-state index is 14.8. The lowest BCUT2D eigenvalue weighted by Crippen LogP contribution is -2.29. The molecule has 2 aliphatic rings. The molecule has 2 aliphatic heterocycles. The number of carbonyl (C=O) groups excluding carboxylic acids is 2. The molecule has 3 aromatic rings. The van der Waals surface area contributed by atoms with Crippen molar-refractivity contribution < 1.29 is 23.8 Å². The largest absolute Gasteiger partial charge is 0.507 e. The molecule has 6 nitrogen and oxygen atoms in total. The van der Waals surface area contributed by atoms with E-state index in [2.05, 4.69) is 4.98 Å². The number of carbonyl (C=O) groups is 2. The molecule has 1 fully saturated rings. The van der Waals surface area contributed by atoms with Gasteiger partial charge in [-0.2, -0.15) is 0 Å². The molecule has 0 unspecified atom stereocenters. The molecule has 1 saturated heterocycles. The Morgan fingerprint density at radius 1 is 1.26 bits per heavy atom. The van der Waals surface area contributed by atoms with Crippen LogP contribution in [0, 0.1) is 5.82 Å². The Balaban J connectivity index is 1.70. The van der Waals surface area contributed by atoms with Crippen molar-refractivity contribution in [1.29, 1.82) is 0 Å². The number of anilines is 1. The summed E-state index contributed by atoms with van der Waals surface area (Å²) in [6, 6.07) is 9.86. The zero-order valence-corrected chi connectivity index (χ0v) is 17.2. The van der Waals surface area contributed by atoms with E-state index in [1.807, 2.05) is 6.92 Å². The number of amides is 1. The third-order valence-electron chi connectivity index (χ3n) is 5.44. The van der Waals surface area contributed by atoms with Gasteiger partial charge in [0.15, 0.2) is 5.13 Å². The molecule has 31 heavy (non-hydrogen) atoms. The molecule has 0 bridgehead atoms. The molecule has 1 N–H and O–H groups in total. The Kier molecular flexibility index (Phi) is 4.59. The number of aromatic nitrogens is 1. The van der Waals surface area contributed by atoms with Gasteiger partial charge in [0.2, 0.25) is 0 Å². The SMILES string of the molecule is C[C@H]1Cc2cc(C(O)=C3C(=O)C(=O)N(c4nccs4)[C@H]3c3ccccc3F)ccc2O1. The number of aliphatic hydroxyl groups excluding tert-OH is 1. The first-order chi connectivity index (χ1) is 15.0. The zero-order valence-electron chi connectivity index (χ0n) is 16.4. The molecule has 3 heterocycles. The fourth-order valence-electron chi connectivity index (χ4n) is 4.08. The average molecular weight is 436 g/mol. The highest BCUT2D eigenvalue weighted by Crippen LogP contribution is 2.44. The molecule has 0 saturated carbocycles. The smallest absolute Gasteiger partial charge is 0.301 e. The number of hydrogen-bond acceptors (Lipinski definition) is 6. The highest BCUT2D eigenvalue weighted by molar-refractivity contribution is 7.14. The Hall–Kier alpha value is -3.52. The van der Waals surface area contributed by atoms with Gasteiger partial charge in [-0.3, -0.25) is 14.5 Å². The quantitative estimate of drug-likeness (QED) is 0.378. The summed E-state index contributed by atoms with van der Waals surface area (Å²) in [4.78, 5) is 31.2. The molecule has 5 rings (SSSR count). The van der Waals surface area contributed by atoms with Crippen LogP contribution in [-0.4, -0.2) is 27.9 Å². The number of hydrogen-bond donors (Lipinski definition) is 1. The average Bonchev–Trinajstić information content (AvgIpc) is 3.46. The van der Waals surface area contributed by atoms with Crippen molar-refractivity contribution in [2.75, 3.05) is 4.90 Å². The first-order valence-corrected chi connectivity index (χ1v) is 10.6. The molecule has 2 atom stereocenters. The van der Waals surface area contributed by atoms with Crippen LogP contribution in [0.25, 0.3) is 5.76 Å². The number of benzene rings is 2. The van der Waals surface area contributed by atoms with Gasteiger partial charge >= 0.3 is 5.91 Å². The van der Waals surface area contributed by atoms with Crippen LogP contribution in [0.3, 0.4) is 0 Å². The summed E-state index contributed by atoms with van der Waals surface area (Å²) in [6.07, 6.45) is 2.18. The number of Topliss-reactive ketones (excluding diaryl/α,β-unsaturated/α-hetero) is 1. The fourth-order valence-corrected chi connectivity index (χ4v) is 4.75. The van der Waals surface area contributed by atoms with E-state index in [1.54, 1.807) is 29.6 Å². The predicted molar refractivity (Wildman–Crippen MR) is 114 cm³/mol. The van der Waals surface area contributed by atoms with Crippen LogP contribution < -0.4 is 9.64 Å². The third-order valence-corrected chi connectivity index (χ3v) is 6.21. The molecule has 2 aromatic carbocycles. The van der Waals surface area contributed by atoms with Crippen LogP contribution in [0.4, 0.5) is 9.52 Å². The van der Waals surface area contributed by atoms with Gasteiger partial charge in [0, 0.05) is 29.1 Å². The van der Waals surface area contributed by atoms with Gasteiger partial charge in [-0.05, 0) is 36.8 Å². The minimum absolute atomic E-state index is 0.0151. The van der Waals surface area contributed by atoms with Crippen LogP contribution in [0.15, 0.2) is 59.6 Å². The van der Waals surface area contributed by atoms with Crippen LogP contribution in [0.1, 0.15) is 29.7 Å². The van der Waals surface area contributed by atoms with Crippen LogP contribution in [0.2, 0.25) is 0 Å². The number of halogens is 1. The van der Waals surface area contributed by atoms with E-state index in [9.17, 15) is 19.1 Å². The molecule has 0 spiro atoms. The summed E-state index contributed by atoms with van der Waals surface area (Å²) >= 11 is 1.15. The van der Waals surface area contributed by atoms with Crippen molar-refractivity contribution in [3.8, 4) is 5.75 Å². The molecular weight excluding hydrogens is 419 g/mol. The highest BCUT2D eigenvalue weighted by Gasteiger charge is 2.48. The Morgan fingerprint density at radius 3 is 2.81 bits per heavy atom. The van der Waals surface area contributed by atoms with Crippen molar-refractivity contribution in [2.24, 2.45) is 0 Å². The van der Waals surface area contributed by atoms with Crippen molar-refractivity contribution in [3.63, 3.8) is 0 Å². The lowest BCUT2D eigenvalue weighted by molar-refractivity contribution is -0.132. The lowest BCUT2D eigenvalue weighted by Gasteiger charge is -2.23. The van der Waals surface area contributed by atoms with Gasteiger partial charge in [0.25, 0.3) is 5.78 Å². The molecule has 0 aliphatic carbocycles. The van der Waals surface area contributed by atoms with E-state index in [0.29, 0.717) is 12.0 Å². The minimum Gasteiger partial charge on any atom is -0.507 e. The van der Waals surface area contributed by atoms with Crippen LogP contribution >= 0.6 is 11.3 Å². The molecule has 156 valence electrons. The summed E-state index contributed by atoms with van der Waals surface area (Å²) in [7, 11) is 0. The first kappa shape index (κ1) is 19.4. The van der Waals surface area contributed by atoms with Crippen molar-refractivity contribution >= 4 is 33.9 Å². The molecule has 1 amide bonds. The Morgan fingerprint density at radius 2 is 2.06 bits per heavy atom. The van der Waals surface area contributed by atoms with Gasteiger partial charge in [-0.25, -0.2) is 9.37 Å². The summed E-state index contributed by atoms with van der Waals surface area (Å²) in [5.41, 5.74) is 1.21. The van der Waals surface area contributed by atoms with Gasteiger partial charge in [-0.1, -0.05) is 18.2 Å². The lowest BCUT2D eigenvalue weighted by atomic mass is 9.94. The van der Waals surface area contributed by atoms with Crippen LogP contribution in [0.5, 0.6) is 5.75 Å². The van der Waals surface area contributed by atoms with Crippen molar-refractivity contribution in [2.45, 2.75) is 25.5 Å². The summed E-state index contributed by atoms with van der Waals surface area (Å²) in [5, 5.41) is 13.1. The maximum Gasteiger partial charge on any atom is 0.301 e. The van der Waals surface area contributed by atoms with Gasteiger partial charge in [0.1, 0.15) is 29.5 Å². The second kappa shape index (κ2) is 7.31. The summed E-state index contributed by atoms with van der Waals surface area (Å²) < 4.78 is 20.5. The minimum atomic E-state index is -1.13. The number of nitrogens with zero attached hydrogens (tertiary/aromatic N) is 2. The number of ketones is 1. The topological polar surface area (TPSA) is 79.7 Å². The number of aliphatic hydroxyl groups is 1. The Labute approximate surface area is 181 Å². The number of rotatable bonds is 3. The van der Waals surface area contributed by atoms with E-state index < -0.39 is 23.5 Å². The van der Waals surface area contributed by atoms with Gasteiger partial charge in [-0.15, -0.1) is 11.3 Å². The third kappa shape index (κ3) is 3.11. The second-order valence-electron chi connectivity index (χ2n) is 7.46. The van der Waals surface area contributed by atoms with E-state index in [1.165, 1.54) is 24.4 Å². The zero-order chi connectivity index (χ0) is 21.7.